The minimum Gasteiger partial charge on any atom is -0.388 e. The van der Waals surface area contributed by atoms with Crippen molar-refractivity contribution in [3.63, 3.8) is 0 Å². The average molecular weight is 285 g/mol. The highest BCUT2D eigenvalue weighted by molar-refractivity contribution is 5.34. The molecule has 4 atom stereocenters. The number of aliphatic hydroxyl groups is 1. The van der Waals surface area contributed by atoms with Crippen LogP contribution in [0.3, 0.4) is 0 Å². The number of nitrogens with one attached hydrogen (secondary N) is 1. The summed E-state index contributed by atoms with van der Waals surface area (Å²) in [4.78, 5) is 0. The lowest BCUT2D eigenvalue weighted by atomic mass is 9.64. The Bertz CT molecular complexity index is 512. The van der Waals surface area contributed by atoms with Gasteiger partial charge < -0.3 is 10.4 Å². The fourth-order valence-corrected chi connectivity index (χ4v) is 5.13. The van der Waals surface area contributed by atoms with Gasteiger partial charge in [0.1, 0.15) is 0 Å². The molecular formula is C19H27NO. The van der Waals surface area contributed by atoms with E-state index in [0.29, 0.717) is 18.0 Å². The summed E-state index contributed by atoms with van der Waals surface area (Å²) in [5.41, 5.74) is 2.53. The highest BCUT2D eigenvalue weighted by Gasteiger charge is 2.47. The smallest absolute Gasteiger partial charge is 0.0828 e. The molecule has 2 unspecified atom stereocenters. The molecule has 2 saturated carbocycles. The standard InChI is InChI=1S/C19H27NO/c21-19-13-4-3-7-15(19)8-5-10-18(19)20-17-12-11-14-6-1-2-9-16(14)17/h1-2,6,9,15,17-18,20-21H,3-5,7-8,10-13H2/t15-,17?,18?,19-/m1/s1. The van der Waals surface area contributed by atoms with Gasteiger partial charge in [0.15, 0.2) is 0 Å². The van der Waals surface area contributed by atoms with Crippen LogP contribution in [0.2, 0.25) is 0 Å². The van der Waals surface area contributed by atoms with Gasteiger partial charge in [-0.3, -0.25) is 0 Å². The van der Waals surface area contributed by atoms with Gasteiger partial charge in [-0.25, -0.2) is 0 Å². The van der Waals surface area contributed by atoms with E-state index in [1.807, 2.05) is 0 Å². The summed E-state index contributed by atoms with van der Waals surface area (Å²) in [6.45, 7) is 0. The van der Waals surface area contributed by atoms with E-state index < -0.39 is 5.60 Å². The first-order valence-corrected chi connectivity index (χ1v) is 8.83. The third-order valence-electron chi connectivity index (χ3n) is 6.27. The Morgan fingerprint density at radius 3 is 2.81 bits per heavy atom. The van der Waals surface area contributed by atoms with Crippen molar-refractivity contribution in [3.8, 4) is 0 Å². The van der Waals surface area contributed by atoms with Crippen LogP contribution < -0.4 is 5.32 Å². The van der Waals surface area contributed by atoms with E-state index in [9.17, 15) is 5.11 Å². The summed E-state index contributed by atoms with van der Waals surface area (Å²) in [5, 5.41) is 15.2. The topological polar surface area (TPSA) is 32.3 Å². The van der Waals surface area contributed by atoms with Crippen molar-refractivity contribution < 1.29 is 5.11 Å². The van der Waals surface area contributed by atoms with Gasteiger partial charge in [-0.1, -0.05) is 43.5 Å². The van der Waals surface area contributed by atoms with Crippen molar-refractivity contribution in [3.05, 3.63) is 35.4 Å². The second-order valence-electron chi connectivity index (χ2n) is 7.37. The van der Waals surface area contributed by atoms with E-state index in [2.05, 4.69) is 29.6 Å². The maximum Gasteiger partial charge on any atom is 0.0828 e. The molecule has 2 nitrogen and oxygen atoms in total. The Morgan fingerprint density at radius 2 is 1.86 bits per heavy atom. The van der Waals surface area contributed by atoms with Crippen molar-refractivity contribution in [2.75, 3.05) is 0 Å². The molecule has 1 aromatic carbocycles. The van der Waals surface area contributed by atoms with Crippen LogP contribution in [0.25, 0.3) is 0 Å². The van der Waals surface area contributed by atoms with E-state index in [1.165, 1.54) is 56.1 Å². The van der Waals surface area contributed by atoms with Gasteiger partial charge in [0.2, 0.25) is 0 Å². The number of benzene rings is 1. The van der Waals surface area contributed by atoms with Gasteiger partial charge in [0.25, 0.3) is 0 Å². The van der Waals surface area contributed by atoms with Crippen LogP contribution in [0.5, 0.6) is 0 Å². The molecule has 4 rings (SSSR count). The zero-order valence-corrected chi connectivity index (χ0v) is 12.9. The first kappa shape index (κ1) is 13.8. The first-order chi connectivity index (χ1) is 10.3. The van der Waals surface area contributed by atoms with Gasteiger partial charge in [-0.05, 0) is 55.6 Å². The fourth-order valence-electron chi connectivity index (χ4n) is 5.13. The zero-order valence-electron chi connectivity index (χ0n) is 12.9. The number of fused-ring (bicyclic) bond motifs is 2. The normalized spacial score (nSPS) is 38.8. The van der Waals surface area contributed by atoms with E-state index in [0.717, 1.165) is 12.8 Å². The minimum atomic E-state index is -0.436. The summed E-state index contributed by atoms with van der Waals surface area (Å²) in [6, 6.07) is 9.58. The van der Waals surface area contributed by atoms with Crippen LogP contribution in [0.1, 0.15) is 68.5 Å². The first-order valence-electron chi connectivity index (χ1n) is 8.83. The molecule has 114 valence electrons. The molecule has 2 N–H and O–H groups in total. The summed E-state index contributed by atoms with van der Waals surface area (Å²) < 4.78 is 0. The Labute approximate surface area is 128 Å². The fraction of sp³-hybridized carbons (Fsp3) is 0.684. The Kier molecular flexibility index (Phi) is 3.55. The van der Waals surface area contributed by atoms with E-state index in [-0.39, 0.29) is 0 Å². The molecule has 0 amide bonds. The second kappa shape index (κ2) is 5.40. The Hall–Kier alpha value is -0.860. The lowest BCUT2D eigenvalue weighted by Gasteiger charge is -2.50. The molecule has 0 spiro atoms. The van der Waals surface area contributed by atoms with Gasteiger partial charge in [0.05, 0.1) is 5.60 Å². The molecule has 2 heteroatoms. The summed E-state index contributed by atoms with van der Waals surface area (Å²) in [7, 11) is 0. The molecule has 21 heavy (non-hydrogen) atoms. The number of aryl methyl sites for hydroxylation is 1. The Morgan fingerprint density at radius 1 is 1.00 bits per heavy atom. The molecule has 2 fully saturated rings. The molecule has 3 aliphatic carbocycles. The molecule has 0 aromatic heterocycles. The third kappa shape index (κ3) is 2.33. The summed E-state index contributed by atoms with van der Waals surface area (Å²) in [5.74, 6) is 0.536. The predicted octanol–water partition coefficient (Wildman–Crippen LogP) is 3.74. The molecule has 0 saturated heterocycles. The van der Waals surface area contributed by atoms with Crippen LogP contribution in [-0.4, -0.2) is 16.7 Å². The average Bonchev–Trinajstić information content (AvgIpc) is 2.91. The van der Waals surface area contributed by atoms with Gasteiger partial charge in [-0.2, -0.15) is 0 Å². The number of hydrogen-bond acceptors (Lipinski definition) is 2. The molecular weight excluding hydrogens is 258 g/mol. The van der Waals surface area contributed by atoms with Crippen LogP contribution in [0.15, 0.2) is 24.3 Å². The van der Waals surface area contributed by atoms with Crippen LogP contribution >= 0.6 is 0 Å². The second-order valence-corrected chi connectivity index (χ2v) is 7.37. The Balaban J connectivity index is 1.54. The van der Waals surface area contributed by atoms with Crippen LogP contribution in [-0.2, 0) is 6.42 Å². The van der Waals surface area contributed by atoms with Crippen LogP contribution in [0.4, 0.5) is 0 Å². The van der Waals surface area contributed by atoms with Crippen molar-refractivity contribution in [2.45, 2.75) is 75.5 Å². The lowest BCUT2D eigenvalue weighted by Crippen LogP contribution is -2.59. The van der Waals surface area contributed by atoms with Gasteiger partial charge >= 0.3 is 0 Å². The van der Waals surface area contributed by atoms with E-state index in [1.54, 1.807) is 0 Å². The number of hydrogen-bond donors (Lipinski definition) is 2. The van der Waals surface area contributed by atoms with E-state index in [4.69, 9.17) is 0 Å². The van der Waals surface area contributed by atoms with Gasteiger partial charge in [-0.15, -0.1) is 0 Å². The zero-order chi connectivity index (χ0) is 14.3. The molecule has 0 radical (unpaired) electrons. The number of rotatable bonds is 2. The maximum atomic E-state index is 11.3. The molecule has 1 aromatic rings. The van der Waals surface area contributed by atoms with Crippen LogP contribution in [0, 0.1) is 5.92 Å². The lowest BCUT2D eigenvalue weighted by molar-refractivity contribution is -0.101. The largest absolute Gasteiger partial charge is 0.388 e. The monoisotopic (exact) mass is 285 g/mol. The van der Waals surface area contributed by atoms with Crippen molar-refractivity contribution >= 4 is 0 Å². The summed E-state index contributed by atoms with van der Waals surface area (Å²) in [6.07, 6.45) is 10.8. The molecule has 0 bridgehead atoms. The molecule has 0 aliphatic heterocycles. The third-order valence-corrected chi connectivity index (χ3v) is 6.27. The quantitative estimate of drug-likeness (QED) is 0.867. The summed E-state index contributed by atoms with van der Waals surface area (Å²) >= 11 is 0. The predicted molar refractivity (Wildman–Crippen MR) is 85.2 cm³/mol. The molecule has 3 aliphatic rings. The van der Waals surface area contributed by atoms with E-state index >= 15 is 0 Å². The minimum absolute atomic E-state index is 0.299. The van der Waals surface area contributed by atoms with Crippen molar-refractivity contribution in [2.24, 2.45) is 5.92 Å². The van der Waals surface area contributed by atoms with Crippen molar-refractivity contribution in [1.29, 1.82) is 0 Å². The highest BCUT2D eigenvalue weighted by Crippen LogP contribution is 2.45. The van der Waals surface area contributed by atoms with Gasteiger partial charge in [0, 0.05) is 12.1 Å². The molecule has 0 heterocycles. The highest BCUT2D eigenvalue weighted by atomic mass is 16.3. The van der Waals surface area contributed by atoms with Crippen molar-refractivity contribution in [1.82, 2.24) is 5.32 Å². The maximum absolute atomic E-state index is 11.3. The SMILES string of the molecule is O[C@]12CCCC[C@@H]1CCCC2NC1CCc2ccccc21.